The second kappa shape index (κ2) is 18.2. The molecular formula is C46H42F3N9O6. The van der Waals surface area contributed by atoms with Crippen LogP contribution in [0.5, 0.6) is 0 Å². The lowest BCUT2D eigenvalue weighted by molar-refractivity contribution is -0.138. The third kappa shape index (κ3) is 9.55. The van der Waals surface area contributed by atoms with Crippen LogP contribution in [0.2, 0.25) is 0 Å². The van der Waals surface area contributed by atoms with Crippen LogP contribution in [0.1, 0.15) is 91.0 Å². The number of pyridine rings is 1. The van der Waals surface area contributed by atoms with Crippen molar-refractivity contribution in [1.29, 1.82) is 0 Å². The number of unbranched alkanes of at least 4 members (excludes halogenated alkanes) is 1. The van der Waals surface area contributed by atoms with Crippen molar-refractivity contribution < 1.29 is 41.9 Å². The second-order valence-corrected chi connectivity index (χ2v) is 15.9. The highest BCUT2D eigenvalue weighted by Crippen LogP contribution is 2.35. The van der Waals surface area contributed by atoms with Crippen LogP contribution in [0, 0.1) is 18.8 Å². The third-order valence-corrected chi connectivity index (χ3v) is 11.5. The number of alkyl halides is 3. The Morgan fingerprint density at radius 1 is 0.891 bits per heavy atom. The number of piperazine rings is 1. The van der Waals surface area contributed by atoms with E-state index in [0.717, 1.165) is 21.9 Å². The lowest BCUT2D eigenvalue weighted by Crippen LogP contribution is -2.54. The van der Waals surface area contributed by atoms with E-state index < -0.39 is 47.3 Å². The largest absolute Gasteiger partial charge is 0.416 e. The highest BCUT2D eigenvalue weighted by molar-refractivity contribution is 6.26. The molecule has 5 aromatic rings. The van der Waals surface area contributed by atoms with Gasteiger partial charge in [-0.15, -0.1) is 0 Å². The fourth-order valence-electron chi connectivity index (χ4n) is 8.07. The molecule has 3 aromatic carbocycles. The van der Waals surface area contributed by atoms with E-state index in [-0.39, 0.29) is 65.3 Å². The monoisotopic (exact) mass is 873 g/mol. The second-order valence-electron chi connectivity index (χ2n) is 15.9. The van der Waals surface area contributed by atoms with Gasteiger partial charge in [-0.25, -0.2) is 4.98 Å². The van der Waals surface area contributed by atoms with Crippen LogP contribution < -0.4 is 16.0 Å². The van der Waals surface area contributed by atoms with E-state index in [0.29, 0.717) is 62.3 Å². The van der Waals surface area contributed by atoms with E-state index in [9.17, 15) is 41.9 Å². The number of imide groups is 2. The summed E-state index contributed by atoms with van der Waals surface area (Å²) in [4.78, 5) is 85.9. The highest BCUT2D eigenvalue weighted by atomic mass is 19.4. The number of nitrogens with one attached hydrogen (secondary N) is 4. The van der Waals surface area contributed by atoms with E-state index in [1.165, 1.54) is 30.3 Å². The topological polar surface area (TPSA) is 190 Å². The number of fused-ring (bicyclic) bond motifs is 2. The van der Waals surface area contributed by atoms with Crippen LogP contribution in [-0.2, 0) is 27.1 Å². The first-order valence-electron chi connectivity index (χ1n) is 20.7. The Kier molecular flexibility index (Phi) is 12.4. The minimum absolute atomic E-state index is 0.00259. The number of H-pyrrole nitrogens is 1. The van der Waals surface area contributed by atoms with Gasteiger partial charge in [-0.2, -0.15) is 18.3 Å². The molecule has 3 aliphatic heterocycles. The molecule has 0 saturated carbocycles. The lowest BCUT2D eigenvalue weighted by Gasteiger charge is -2.35. The van der Waals surface area contributed by atoms with Crippen LogP contribution in [0.4, 0.5) is 24.5 Å². The summed E-state index contributed by atoms with van der Waals surface area (Å²) in [7, 11) is 0. The minimum atomic E-state index is -4.66. The number of piperidine rings is 1. The number of benzene rings is 3. The Bertz CT molecular complexity index is 2770. The first-order valence-corrected chi connectivity index (χ1v) is 20.7. The maximum Gasteiger partial charge on any atom is 0.416 e. The van der Waals surface area contributed by atoms with Gasteiger partial charge in [-0.3, -0.25) is 49.0 Å². The summed E-state index contributed by atoms with van der Waals surface area (Å²) in [6.45, 7) is 4.90. The van der Waals surface area contributed by atoms with Gasteiger partial charge in [-0.1, -0.05) is 30.0 Å². The normalized spacial score (nSPS) is 16.9. The van der Waals surface area contributed by atoms with Crippen molar-refractivity contribution in [2.24, 2.45) is 0 Å². The van der Waals surface area contributed by atoms with Crippen molar-refractivity contribution in [3.63, 3.8) is 0 Å². The van der Waals surface area contributed by atoms with Crippen molar-refractivity contribution in [3.8, 4) is 11.8 Å². The maximum absolute atomic E-state index is 14.4. The molecular weight excluding hydrogens is 832 g/mol. The van der Waals surface area contributed by atoms with Crippen molar-refractivity contribution in [2.75, 3.05) is 43.4 Å². The van der Waals surface area contributed by atoms with E-state index >= 15 is 0 Å². The van der Waals surface area contributed by atoms with Gasteiger partial charge in [0.05, 0.1) is 28.6 Å². The van der Waals surface area contributed by atoms with Gasteiger partial charge in [0.15, 0.2) is 5.65 Å². The maximum atomic E-state index is 14.4. The lowest BCUT2D eigenvalue weighted by atomic mass is 10.0. The average molecular weight is 874 g/mol. The molecule has 64 heavy (non-hydrogen) atoms. The molecule has 0 bridgehead atoms. The first kappa shape index (κ1) is 43.4. The zero-order valence-electron chi connectivity index (χ0n) is 34.6. The predicted molar refractivity (Wildman–Crippen MR) is 228 cm³/mol. The highest BCUT2D eigenvalue weighted by Gasteiger charge is 2.45. The number of rotatable bonds is 11. The number of aryl methyl sites for hydroxylation is 1. The Hall–Kier alpha value is -7.23. The number of hydrogen-bond donors (Lipinski definition) is 4. The smallest absolute Gasteiger partial charge is 0.325 e. The molecule has 0 aliphatic carbocycles. The molecule has 0 spiro atoms. The standard InChI is InChI=1S/C46H42F3N9O6/c1-27-8-10-30(22-29(27)11-9-28-21-32-25-51-55-41(32)50-24-28)42(61)52-33-13-12-31(35(23-33)46(47,48)49)26-57-19-17-56(18-20-57)16-3-2-7-38(59)53-36-6-4-5-34-40(36)45(64)58(44(34)63)37-14-15-39(60)54-43(37)62/h4-6,8,10,12-13,21-25,37H,2-3,7,14-20,26H2,1H3,(H,52,61)(H,53,59)(H,50,51,55)(H,54,60,62). The fraction of sp³-hybridized carbons (Fsp3) is 0.304. The SMILES string of the molecule is Cc1ccc(C(=O)Nc2ccc(CN3CCN(CCCCC(=O)Nc4cccc5c4C(=O)N(C4CCC(=O)NC4=O)C5=O)CC3)c(C(F)(F)F)c2)cc1C#Cc1cnc2[nH]ncc2c1. The number of anilines is 2. The summed E-state index contributed by atoms with van der Waals surface area (Å²) in [6.07, 6.45) is -0.0640. The van der Waals surface area contributed by atoms with Crippen molar-refractivity contribution in [1.82, 2.24) is 35.2 Å². The van der Waals surface area contributed by atoms with E-state index in [4.69, 9.17) is 0 Å². The zero-order valence-corrected chi connectivity index (χ0v) is 34.6. The predicted octanol–water partition coefficient (Wildman–Crippen LogP) is 5.27. The molecule has 2 aromatic heterocycles. The van der Waals surface area contributed by atoms with Crippen molar-refractivity contribution >= 4 is 57.9 Å². The summed E-state index contributed by atoms with van der Waals surface area (Å²) in [5.74, 6) is 2.60. The summed E-state index contributed by atoms with van der Waals surface area (Å²) in [6, 6.07) is 14.0. The summed E-state index contributed by atoms with van der Waals surface area (Å²) in [5.41, 5.74) is 2.46. The molecule has 5 heterocycles. The molecule has 8 rings (SSSR count). The summed E-state index contributed by atoms with van der Waals surface area (Å²) in [5, 5.41) is 15.0. The first-order chi connectivity index (χ1) is 30.7. The molecule has 1 atom stereocenters. The average Bonchev–Trinajstić information content (AvgIpc) is 3.84. The number of hydrogen-bond acceptors (Lipinski definition) is 10. The molecule has 4 N–H and O–H groups in total. The number of carbonyl (C=O) groups is 6. The number of halogens is 3. The molecule has 2 fully saturated rings. The molecule has 15 nitrogen and oxygen atoms in total. The number of nitrogens with zero attached hydrogens (tertiary/aromatic N) is 5. The number of aromatic nitrogens is 3. The minimum Gasteiger partial charge on any atom is -0.325 e. The molecule has 2 saturated heterocycles. The van der Waals surface area contributed by atoms with Crippen LogP contribution in [-0.4, -0.2) is 104 Å². The molecule has 328 valence electrons. The van der Waals surface area contributed by atoms with E-state index in [1.807, 2.05) is 17.9 Å². The van der Waals surface area contributed by atoms with Gasteiger partial charge in [0.2, 0.25) is 17.7 Å². The van der Waals surface area contributed by atoms with Gasteiger partial charge in [0, 0.05) is 79.5 Å². The van der Waals surface area contributed by atoms with Crippen molar-refractivity contribution in [2.45, 2.75) is 57.8 Å². The van der Waals surface area contributed by atoms with Gasteiger partial charge < -0.3 is 15.5 Å². The molecule has 0 radical (unpaired) electrons. The molecule has 1 unspecified atom stereocenters. The van der Waals surface area contributed by atoms with Gasteiger partial charge >= 0.3 is 6.18 Å². The van der Waals surface area contributed by atoms with Crippen LogP contribution in [0.25, 0.3) is 11.0 Å². The number of carbonyl (C=O) groups excluding carboxylic acids is 6. The third-order valence-electron chi connectivity index (χ3n) is 11.5. The summed E-state index contributed by atoms with van der Waals surface area (Å²) < 4.78 is 43.2. The number of amides is 6. The van der Waals surface area contributed by atoms with E-state index in [2.05, 4.69) is 47.9 Å². The van der Waals surface area contributed by atoms with E-state index in [1.54, 1.807) is 30.6 Å². The fourth-order valence-corrected chi connectivity index (χ4v) is 8.07. The molecule has 3 aliphatic rings. The Morgan fingerprint density at radius 3 is 2.47 bits per heavy atom. The van der Waals surface area contributed by atoms with Crippen LogP contribution in [0.15, 0.2) is 73.1 Å². The van der Waals surface area contributed by atoms with Gasteiger partial charge in [0.25, 0.3) is 17.7 Å². The molecule has 18 heteroatoms. The quantitative estimate of drug-likeness (QED) is 0.0774. The van der Waals surface area contributed by atoms with Gasteiger partial charge in [-0.05, 0) is 86.3 Å². The Balaban J connectivity index is 0.803. The summed E-state index contributed by atoms with van der Waals surface area (Å²) >= 11 is 0. The zero-order chi connectivity index (χ0) is 45.1. The van der Waals surface area contributed by atoms with Crippen LogP contribution in [0.3, 0.4) is 0 Å². The van der Waals surface area contributed by atoms with Crippen molar-refractivity contribution in [3.05, 3.63) is 118 Å². The molecule has 6 amide bonds. The Labute approximate surface area is 364 Å². The van der Waals surface area contributed by atoms with Crippen LogP contribution >= 0.6 is 0 Å². The van der Waals surface area contributed by atoms with Gasteiger partial charge in [0.1, 0.15) is 6.04 Å². The number of aromatic amines is 1. The Morgan fingerprint density at radius 2 is 1.69 bits per heavy atom.